The van der Waals surface area contributed by atoms with E-state index in [4.69, 9.17) is 0 Å². The first-order valence-electron chi connectivity index (χ1n) is 6.31. The van der Waals surface area contributed by atoms with Crippen LogP contribution in [0.3, 0.4) is 0 Å². The summed E-state index contributed by atoms with van der Waals surface area (Å²) in [4.78, 5) is 23.3. The maximum atomic E-state index is 12.2. The number of carbonyl (C=O) groups is 2. The van der Waals surface area contributed by atoms with Crippen molar-refractivity contribution in [2.45, 2.75) is 12.5 Å². The largest absolute Gasteiger partial charge is 0.468 e. The Kier molecular flexibility index (Phi) is 4.97. The predicted molar refractivity (Wildman–Crippen MR) is 72.0 cm³/mol. The van der Waals surface area contributed by atoms with Crippen LogP contribution in [0, 0.1) is 0 Å². The fourth-order valence-electron chi connectivity index (χ4n) is 1.80. The highest BCUT2D eigenvalue weighted by Crippen LogP contribution is 2.13. The quantitative estimate of drug-likeness (QED) is 0.736. The summed E-state index contributed by atoms with van der Waals surface area (Å²) in [6.45, 7) is -0.192. The Morgan fingerprint density at radius 1 is 1.33 bits per heavy atom. The lowest BCUT2D eigenvalue weighted by Gasteiger charge is -2.15. The van der Waals surface area contributed by atoms with E-state index in [0.29, 0.717) is 6.42 Å². The highest BCUT2D eigenvalue weighted by Gasteiger charge is 2.22. The summed E-state index contributed by atoms with van der Waals surface area (Å²) in [5.41, 5.74) is 0.964. The Balaban J connectivity index is 2.09. The normalized spacial score (nSPS) is 11.7. The molecule has 0 spiro atoms. The van der Waals surface area contributed by atoms with Gasteiger partial charge in [-0.1, -0.05) is 30.3 Å². The fraction of sp³-hybridized carbons (Fsp3) is 0.308. The Hall–Kier alpha value is -2.77. The lowest BCUT2D eigenvalue weighted by Crippen LogP contribution is -2.37. The molecule has 8 nitrogen and oxygen atoms in total. The average Bonchev–Trinajstić information content (AvgIpc) is 3.05. The summed E-state index contributed by atoms with van der Waals surface area (Å²) < 4.78 is 5.85. The van der Waals surface area contributed by atoms with Crippen molar-refractivity contribution in [1.29, 1.82) is 0 Å². The van der Waals surface area contributed by atoms with Gasteiger partial charge in [0, 0.05) is 6.42 Å². The van der Waals surface area contributed by atoms with Crippen molar-refractivity contribution < 1.29 is 14.3 Å². The van der Waals surface area contributed by atoms with Crippen molar-refractivity contribution in [2.75, 3.05) is 13.7 Å². The third kappa shape index (κ3) is 4.10. The van der Waals surface area contributed by atoms with Gasteiger partial charge in [0.25, 0.3) is 0 Å². The Labute approximate surface area is 121 Å². The van der Waals surface area contributed by atoms with E-state index in [1.165, 1.54) is 18.1 Å². The van der Waals surface area contributed by atoms with Crippen LogP contribution in [0.25, 0.3) is 0 Å². The van der Waals surface area contributed by atoms with Gasteiger partial charge in [0.15, 0.2) is 0 Å². The van der Waals surface area contributed by atoms with E-state index in [1.807, 2.05) is 30.3 Å². The maximum Gasteiger partial charge on any atom is 0.325 e. The molecule has 0 saturated carbocycles. The van der Waals surface area contributed by atoms with Gasteiger partial charge in [-0.15, -0.1) is 5.10 Å². The van der Waals surface area contributed by atoms with Crippen LogP contribution in [0.2, 0.25) is 0 Å². The second-order valence-electron chi connectivity index (χ2n) is 4.29. The van der Waals surface area contributed by atoms with Crippen molar-refractivity contribution >= 4 is 11.9 Å². The van der Waals surface area contributed by atoms with Gasteiger partial charge in [-0.25, -0.2) is 4.68 Å². The van der Waals surface area contributed by atoms with E-state index >= 15 is 0 Å². The molecule has 1 aromatic heterocycles. The van der Waals surface area contributed by atoms with Gasteiger partial charge in [-0.2, -0.15) is 0 Å². The molecule has 1 aromatic carbocycles. The van der Waals surface area contributed by atoms with Gasteiger partial charge in [-0.3, -0.25) is 9.59 Å². The summed E-state index contributed by atoms with van der Waals surface area (Å²) in [7, 11) is 1.26. The Bertz CT molecular complexity index is 585. The van der Waals surface area contributed by atoms with Crippen LogP contribution in [0.5, 0.6) is 0 Å². The standard InChI is InChI=1S/C13H15N5O3/c1-21-12(19)8-14-13(20)11(18-9-15-16-17-18)7-10-5-3-2-4-6-10/h2-6,9,11H,7-8H2,1H3,(H,14,20)/t11-/m0/s1. The second kappa shape index (κ2) is 7.13. The number of esters is 1. The van der Waals surface area contributed by atoms with Gasteiger partial charge in [0.2, 0.25) is 5.91 Å². The molecule has 0 saturated heterocycles. The van der Waals surface area contributed by atoms with Crippen LogP contribution in [0.15, 0.2) is 36.7 Å². The van der Waals surface area contributed by atoms with Crippen molar-refractivity contribution in [1.82, 2.24) is 25.5 Å². The fourth-order valence-corrected chi connectivity index (χ4v) is 1.80. The zero-order valence-corrected chi connectivity index (χ0v) is 11.5. The van der Waals surface area contributed by atoms with Crippen molar-refractivity contribution in [3.8, 4) is 0 Å². The lowest BCUT2D eigenvalue weighted by atomic mass is 10.1. The molecule has 2 rings (SSSR count). The van der Waals surface area contributed by atoms with Gasteiger partial charge >= 0.3 is 5.97 Å². The second-order valence-corrected chi connectivity index (χ2v) is 4.29. The first-order chi connectivity index (χ1) is 10.2. The molecule has 21 heavy (non-hydrogen) atoms. The van der Waals surface area contributed by atoms with Crippen LogP contribution in [-0.2, 0) is 20.7 Å². The van der Waals surface area contributed by atoms with Crippen LogP contribution in [-0.4, -0.2) is 45.7 Å². The SMILES string of the molecule is COC(=O)CNC(=O)[C@H](Cc1ccccc1)n1cnnn1. The smallest absolute Gasteiger partial charge is 0.325 e. The Morgan fingerprint density at radius 2 is 2.10 bits per heavy atom. The number of ether oxygens (including phenoxy) is 1. The summed E-state index contributed by atoms with van der Waals surface area (Å²) in [5.74, 6) is -0.866. The molecule has 8 heteroatoms. The molecule has 0 unspecified atom stereocenters. The number of aromatic nitrogens is 4. The average molecular weight is 289 g/mol. The third-order valence-electron chi connectivity index (χ3n) is 2.89. The van der Waals surface area contributed by atoms with Crippen LogP contribution in [0.4, 0.5) is 0 Å². The van der Waals surface area contributed by atoms with Crippen LogP contribution < -0.4 is 5.32 Å². The minimum Gasteiger partial charge on any atom is -0.468 e. The lowest BCUT2D eigenvalue weighted by molar-refractivity contribution is -0.141. The van der Waals surface area contributed by atoms with Gasteiger partial charge in [-0.05, 0) is 16.0 Å². The molecule has 1 amide bonds. The van der Waals surface area contributed by atoms with E-state index in [0.717, 1.165) is 5.56 Å². The number of amides is 1. The zero-order valence-electron chi connectivity index (χ0n) is 11.5. The molecule has 0 aliphatic rings. The van der Waals surface area contributed by atoms with Gasteiger partial charge in [0.1, 0.15) is 18.9 Å². The number of hydrogen-bond acceptors (Lipinski definition) is 6. The van der Waals surface area contributed by atoms with E-state index in [1.54, 1.807) is 0 Å². The molecule has 1 N–H and O–H groups in total. The third-order valence-corrected chi connectivity index (χ3v) is 2.89. The number of methoxy groups -OCH3 is 1. The summed E-state index contributed by atoms with van der Waals surface area (Å²) in [6.07, 6.45) is 1.78. The molecular weight excluding hydrogens is 274 g/mol. The number of benzene rings is 1. The number of carbonyl (C=O) groups excluding carboxylic acids is 2. The summed E-state index contributed by atoms with van der Waals surface area (Å²) in [6, 6.07) is 8.85. The molecule has 0 radical (unpaired) electrons. The molecule has 0 aliphatic heterocycles. The zero-order chi connectivity index (χ0) is 15.1. The topological polar surface area (TPSA) is 99.0 Å². The minimum atomic E-state index is -0.632. The van der Waals surface area contributed by atoms with Crippen molar-refractivity contribution in [3.63, 3.8) is 0 Å². The highest BCUT2D eigenvalue weighted by atomic mass is 16.5. The molecule has 1 heterocycles. The van der Waals surface area contributed by atoms with E-state index in [2.05, 4.69) is 25.6 Å². The monoisotopic (exact) mass is 289 g/mol. The molecule has 0 fully saturated rings. The number of tetrazole rings is 1. The molecule has 2 aromatic rings. The molecular formula is C13H15N5O3. The first-order valence-corrected chi connectivity index (χ1v) is 6.31. The highest BCUT2D eigenvalue weighted by molar-refractivity contribution is 5.84. The van der Waals surface area contributed by atoms with E-state index in [9.17, 15) is 9.59 Å². The maximum absolute atomic E-state index is 12.2. The summed E-state index contributed by atoms with van der Waals surface area (Å²) in [5, 5.41) is 13.4. The molecule has 0 bridgehead atoms. The van der Waals surface area contributed by atoms with Crippen molar-refractivity contribution in [3.05, 3.63) is 42.2 Å². The van der Waals surface area contributed by atoms with E-state index < -0.39 is 12.0 Å². The van der Waals surface area contributed by atoms with Crippen LogP contribution >= 0.6 is 0 Å². The minimum absolute atomic E-state index is 0.192. The molecule has 1 atom stereocenters. The molecule has 0 aliphatic carbocycles. The number of hydrogen-bond donors (Lipinski definition) is 1. The molecule has 110 valence electrons. The summed E-state index contributed by atoms with van der Waals surface area (Å²) >= 11 is 0. The first kappa shape index (κ1) is 14.6. The number of nitrogens with zero attached hydrogens (tertiary/aromatic N) is 4. The number of nitrogens with one attached hydrogen (secondary N) is 1. The van der Waals surface area contributed by atoms with Gasteiger partial charge in [0.05, 0.1) is 7.11 Å². The number of rotatable bonds is 6. The van der Waals surface area contributed by atoms with Gasteiger partial charge < -0.3 is 10.1 Å². The van der Waals surface area contributed by atoms with Crippen molar-refractivity contribution in [2.24, 2.45) is 0 Å². The van der Waals surface area contributed by atoms with E-state index in [-0.39, 0.29) is 12.5 Å². The van der Waals surface area contributed by atoms with Crippen LogP contribution in [0.1, 0.15) is 11.6 Å². The predicted octanol–water partition coefficient (Wildman–Crippen LogP) is -0.254. The Morgan fingerprint density at radius 3 is 2.71 bits per heavy atom.